The third-order valence-electron chi connectivity index (χ3n) is 5.28. The molecule has 1 heterocycles. The zero-order valence-corrected chi connectivity index (χ0v) is 19.7. The Morgan fingerprint density at radius 2 is 1.60 bits per heavy atom. The molecule has 0 aliphatic heterocycles. The maximum atomic E-state index is 13.1. The van der Waals surface area contributed by atoms with Crippen LogP contribution in [-0.2, 0) is 17.8 Å². The smallest absolute Gasteiger partial charge is 0.319 e. The van der Waals surface area contributed by atoms with Gasteiger partial charge in [0.1, 0.15) is 5.69 Å². The van der Waals surface area contributed by atoms with Crippen molar-refractivity contribution in [2.45, 2.75) is 13.0 Å². The fraction of sp³-hybridized carbons (Fsp3) is 0.0769. The van der Waals surface area contributed by atoms with Crippen LogP contribution < -0.4 is 10.6 Å². The number of halogens is 2. The lowest BCUT2D eigenvalue weighted by atomic mass is 9.98. The van der Waals surface area contributed by atoms with Gasteiger partial charge in [-0.3, -0.25) is 14.6 Å². The molecule has 4 rings (SSSR count). The molecule has 3 aromatic carbocycles. The molecule has 4 aromatic rings. The summed E-state index contributed by atoms with van der Waals surface area (Å²) in [5.41, 5.74) is 2.45. The summed E-state index contributed by atoms with van der Waals surface area (Å²) < 4.78 is 0. The number of carbonyl (C=O) groups is 3. The number of aromatic nitrogens is 1. The molecule has 3 N–H and O–H groups in total. The zero-order valence-electron chi connectivity index (χ0n) is 18.2. The van der Waals surface area contributed by atoms with Gasteiger partial charge in [0.25, 0.3) is 0 Å². The van der Waals surface area contributed by atoms with E-state index in [2.05, 4.69) is 15.6 Å². The highest BCUT2D eigenvalue weighted by atomic mass is 35.5. The van der Waals surface area contributed by atoms with Crippen LogP contribution in [0.5, 0.6) is 0 Å². The Bertz CT molecular complexity index is 1440. The van der Waals surface area contributed by atoms with E-state index >= 15 is 0 Å². The number of hydrogen-bond acceptors (Lipinski definition) is 4. The number of benzene rings is 3. The van der Waals surface area contributed by atoms with Crippen LogP contribution in [-0.4, -0.2) is 27.9 Å². The molecule has 0 saturated heterocycles. The Morgan fingerprint density at radius 1 is 0.886 bits per heavy atom. The van der Waals surface area contributed by atoms with Crippen molar-refractivity contribution in [3.8, 4) is 0 Å². The summed E-state index contributed by atoms with van der Waals surface area (Å²) in [6, 6.07) is 18.2. The number of carboxylic acid groups (broad SMARTS) is 1. The number of carboxylic acids is 1. The molecule has 0 unspecified atom stereocenters. The molecule has 0 fully saturated rings. The van der Waals surface area contributed by atoms with Crippen molar-refractivity contribution in [2.24, 2.45) is 0 Å². The van der Waals surface area contributed by atoms with Crippen LogP contribution in [0.2, 0.25) is 10.0 Å². The first kappa shape index (κ1) is 24.2. The van der Waals surface area contributed by atoms with E-state index in [1.54, 1.807) is 66.7 Å². The largest absolute Gasteiger partial charge is 0.481 e. The third-order valence-corrected chi connectivity index (χ3v) is 6.02. The van der Waals surface area contributed by atoms with Crippen molar-refractivity contribution in [3.63, 3.8) is 0 Å². The summed E-state index contributed by atoms with van der Waals surface area (Å²) in [7, 11) is 0. The fourth-order valence-corrected chi connectivity index (χ4v) is 3.91. The number of aliphatic carboxylic acids is 1. The molecule has 0 radical (unpaired) electrons. The second kappa shape index (κ2) is 10.5. The zero-order chi connectivity index (χ0) is 24.9. The molecule has 0 saturated carbocycles. The molecular formula is C26H19Cl2N3O4. The Balaban J connectivity index is 1.45. The van der Waals surface area contributed by atoms with Crippen molar-refractivity contribution >= 4 is 57.4 Å². The average Bonchev–Trinajstić information content (AvgIpc) is 2.85. The standard InChI is InChI=1S/C26H19Cl2N3O4/c27-21-10-5-15(11-22(21)28)13-30-26(35)31-18-8-6-16(7-9-18)25(34)24-20-4-2-1-3-19(20)17(14-29-24)12-23(32)33/h1-11,14H,12-13H2,(H,32,33)(H2,30,31,35). The first-order chi connectivity index (χ1) is 16.8. The Morgan fingerprint density at radius 3 is 2.29 bits per heavy atom. The van der Waals surface area contributed by atoms with Crippen LogP contribution in [0.15, 0.2) is 72.9 Å². The van der Waals surface area contributed by atoms with Crippen LogP contribution in [0.3, 0.4) is 0 Å². The molecule has 0 bridgehead atoms. The third kappa shape index (κ3) is 5.77. The van der Waals surface area contributed by atoms with Gasteiger partial charge in [0.2, 0.25) is 5.78 Å². The van der Waals surface area contributed by atoms with Gasteiger partial charge in [-0.25, -0.2) is 4.79 Å². The van der Waals surface area contributed by atoms with Crippen LogP contribution >= 0.6 is 23.2 Å². The first-order valence-electron chi connectivity index (χ1n) is 10.5. The normalized spacial score (nSPS) is 10.7. The molecule has 9 heteroatoms. The molecule has 35 heavy (non-hydrogen) atoms. The summed E-state index contributed by atoms with van der Waals surface area (Å²) >= 11 is 11.9. The van der Waals surface area contributed by atoms with Gasteiger partial charge < -0.3 is 15.7 Å². The van der Waals surface area contributed by atoms with E-state index in [4.69, 9.17) is 28.3 Å². The lowest BCUT2D eigenvalue weighted by molar-refractivity contribution is -0.136. The van der Waals surface area contributed by atoms with E-state index in [0.717, 1.165) is 5.56 Å². The van der Waals surface area contributed by atoms with Crippen LogP contribution in [0, 0.1) is 0 Å². The highest BCUT2D eigenvalue weighted by Gasteiger charge is 2.17. The second-order valence-electron chi connectivity index (χ2n) is 7.71. The minimum Gasteiger partial charge on any atom is -0.481 e. The van der Waals surface area contributed by atoms with Crippen molar-refractivity contribution < 1.29 is 19.5 Å². The minimum absolute atomic E-state index is 0.185. The number of urea groups is 1. The molecule has 0 aliphatic rings. The first-order valence-corrected chi connectivity index (χ1v) is 11.3. The monoisotopic (exact) mass is 507 g/mol. The van der Waals surface area contributed by atoms with Crippen molar-refractivity contribution in [2.75, 3.05) is 5.32 Å². The summed E-state index contributed by atoms with van der Waals surface area (Å²) in [5, 5.41) is 16.7. The molecule has 0 spiro atoms. The predicted octanol–water partition coefficient (Wildman–Crippen LogP) is 5.72. The van der Waals surface area contributed by atoms with Gasteiger partial charge in [-0.05, 0) is 52.9 Å². The molecule has 7 nitrogen and oxygen atoms in total. The second-order valence-corrected chi connectivity index (χ2v) is 8.53. The SMILES string of the molecule is O=C(O)Cc1cnc(C(=O)c2ccc(NC(=O)NCc3ccc(Cl)c(Cl)c3)cc2)c2ccccc12. The van der Waals surface area contributed by atoms with Crippen molar-refractivity contribution in [1.29, 1.82) is 0 Å². The van der Waals surface area contributed by atoms with E-state index in [1.807, 2.05) is 0 Å². The summed E-state index contributed by atoms with van der Waals surface area (Å²) in [5.74, 6) is -1.28. The lowest BCUT2D eigenvalue weighted by Gasteiger charge is -2.10. The van der Waals surface area contributed by atoms with E-state index in [9.17, 15) is 14.4 Å². The Labute approximate surface area is 210 Å². The highest BCUT2D eigenvalue weighted by Crippen LogP contribution is 2.24. The number of rotatable bonds is 7. The maximum absolute atomic E-state index is 13.1. The molecule has 2 amide bonds. The van der Waals surface area contributed by atoms with E-state index in [0.29, 0.717) is 37.6 Å². The number of ketones is 1. The van der Waals surface area contributed by atoms with Gasteiger partial charge >= 0.3 is 12.0 Å². The highest BCUT2D eigenvalue weighted by molar-refractivity contribution is 6.42. The number of hydrogen-bond donors (Lipinski definition) is 3. The molecule has 1 aromatic heterocycles. The number of nitrogens with zero attached hydrogens (tertiary/aromatic N) is 1. The quantitative estimate of drug-likeness (QED) is 0.277. The number of carbonyl (C=O) groups excluding carboxylic acids is 2. The topological polar surface area (TPSA) is 108 Å². The minimum atomic E-state index is -0.972. The summed E-state index contributed by atoms with van der Waals surface area (Å²) in [6.45, 7) is 0.260. The molecule has 0 atom stereocenters. The van der Waals surface area contributed by atoms with Gasteiger partial charge in [-0.15, -0.1) is 0 Å². The fourth-order valence-electron chi connectivity index (χ4n) is 3.58. The number of anilines is 1. The Kier molecular flexibility index (Phi) is 7.29. The van der Waals surface area contributed by atoms with Crippen molar-refractivity contribution in [1.82, 2.24) is 10.3 Å². The summed E-state index contributed by atoms with van der Waals surface area (Å²) in [4.78, 5) is 40.8. The molecule has 176 valence electrons. The van der Waals surface area contributed by atoms with E-state index in [-0.39, 0.29) is 24.4 Å². The van der Waals surface area contributed by atoms with Crippen LogP contribution in [0.25, 0.3) is 10.8 Å². The molecule has 0 aliphatic carbocycles. The number of nitrogens with one attached hydrogen (secondary N) is 2. The molecular weight excluding hydrogens is 489 g/mol. The van der Waals surface area contributed by atoms with Gasteiger partial charge in [0.15, 0.2) is 0 Å². The Hall–Kier alpha value is -3.94. The van der Waals surface area contributed by atoms with E-state index in [1.165, 1.54) is 6.20 Å². The predicted molar refractivity (Wildman–Crippen MR) is 135 cm³/mol. The lowest BCUT2D eigenvalue weighted by Crippen LogP contribution is -2.28. The van der Waals surface area contributed by atoms with Crippen LogP contribution in [0.1, 0.15) is 27.2 Å². The van der Waals surface area contributed by atoms with E-state index < -0.39 is 12.0 Å². The van der Waals surface area contributed by atoms with Gasteiger partial charge in [0, 0.05) is 29.4 Å². The summed E-state index contributed by atoms with van der Waals surface area (Å²) in [6.07, 6.45) is 1.24. The average molecular weight is 508 g/mol. The number of fused-ring (bicyclic) bond motifs is 1. The van der Waals surface area contributed by atoms with Gasteiger partial charge in [-0.2, -0.15) is 0 Å². The van der Waals surface area contributed by atoms with Gasteiger partial charge in [0.05, 0.1) is 16.5 Å². The number of amides is 2. The van der Waals surface area contributed by atoms with Crippen LogP contribution in [0.4, 0.5) is 10.5 Å². The maximum Gasteiger partial charge on any atom is 0.319 e. The van der Waals surface area contributed by atoms with Gasteiger partial charge in [-0.1, -0.05) is 53.5 Å². The number of pyridine rings is 1. The van der Waals surface area contributed by atoms with Crippen molar-refractivity contribution in [3.05, 3.63) is 105 Å².